The molecule has 2 aromatic rings. The number of benzene rings is 2. The molecular weight excluding hydrogens is 348 g/mol. The monoisotopic (exact) mass is 366 g/mol. The lowest BCUT2D eigenvalue weighted by molar-refractivity contribution is -0.117. The first kappa shape index (κ1) is 18.4. The maximum absolute atomic E-state index is 12.3. The Kier molecular flexibility index (Phi) is 5.99. The van der Waals surface area contributed by atoms with Crippen LogP contribution in [0.5, 0.6) is 0 Å². The van der Waals surface area contributed by atoms with Crippen LogP contribution in [0.25, 0.3) is 0 Å². The second-order valence-corrected chi connectivity index (χ2v) is 7.49. The molecule has 0 aliphatic carbocycles. The summed E-state index contributed by atoms with van der Waals surface area (Å²) in [6, 6.07) is 12.2. The van der Waals surface area contributed by atoms with Crippen LogP contribution >= 0.6 is 11.6 Å². The Hall–Kier alpha value is -1.89. The second-order valence-electron chi connectivity index (χ2n) is 5.34. The predicted molar refractivity (Wildman–Crippen MR) is 95.7 cm³/mol. The zero-order chi connectivity index (χ0) is 17.7. The van der Waals surface area contributed by atoms with Crippen LogP contribution in [-0.2, 0) is 21.2 Å². The van der Waals surface area contributed by atoms with Gasteiger partial charge >= 0.3 is 0 Å². The maximum Gasteiger partial charge on any atom is 0.242 e. The van der Waals surface area contributed by atoms with Gasteiger partial charge in [-0.3, -0.25) is 4.79 Å². The third kappa shape index (κ3) is 4.80. The van der Waals surface area contributed by atoms with Gasteiger partial charge in [-0.15, -0.1) is 0 Å². The summed E-state index contributed by atoms with van der Waals surface area (Å²) in [5.74, 6) is -0.434. The molecule has 0 saturated carbocycles. The Balaban J connectivity index is 2.03. The molecular formula is C17H19ClN2O3S. The molecule has 2 rings (SSSR count). The van der Waals surface area contributed by atoms with Crippen LogP contribution in [0.3, 0.4) is 0 Å². The SMILES string of the molecule is CCc1ccc(NC(=O)C(C)NS(=O)(=O)c2ccc(Cl)cc2)cc1. The number of aryl methyl sites for hydroxylation is 1. The number of hydrogen-bond donors (Lipinski definition) is 2. The Labute approximate surface area is 147 Å². The molecule has 2 aromatic carbocycles. The van der Waals surface area contributed by atoms with E-state index in [-0.39, 0.29) is 4.90 Å². The number of carbonyl (C=O) groups is 1. The van der Waals surface area contributed by atoms with E-state index in [2.05, 4.69) is 10.0 Å². The van der Waals surface area contributed by atoms with Crippen LogP contribution in [0.2, 0.25) is 5.02 Å². The molecule has 0 aliphatic rings. The molecule has 0 saturated heterocycles. The fourth-order valence-electron chi connectivity index (χ4n) is 2.04. The van der Waals surface area contributed by atoms with Crippen LogP contribution in [0.1, 0.15) is 19.4 Å². The number of carbonyl (C=O) groups excluding carboxylic acids is 1. The van der Waals surface area contributed by atoms with Gasteiger partial charge in [-0.25, -0.2) is 8.42 Å². The lowest BCUT2D eigenvalue weighted by atomic mass is 10.1. The van der Waals surface area contributed by atoms with Gasteiger partial charge in [0.05, 0.1) is 10.9 Å². The van der Waals surface area contributed by atoms with Crippen molar-refractivity contribution in [3.8, 4) is 0 Å². The normalized spacial score (nSPS) is 12.6. The number of hydrogen-bond acceptors (Lipinski definition) is 3. The van der Waals surface area contributed by atoms with Crippen LogP contribution in [-0.4, -0.2) is 20.4 Å². The van der Waals surface area contributed by atoms with Gasteiger partial charge in [0.25, 0.3) is 0 Å². The van der Waals surface area contributed by atoms with Gasteiger partial charge in [0, 0.05) is 10.7 Å². The molecule has 0 fully saturated rings. The number of rotatable bonds is 6. The average Bonchev–Trinajstić information content (AvgIpc) is 2.55. The molecule has 1 amide bonds. The average molecular weight is 367 g/mol. The van der Waals surface area contributed by atoms with Gasteiger partial charge < -0.3 is 5.32 Å². The molecule has 1 atom stereocenters. The first-order valence-electron chi connectivity index (χ1n) is 7.49. The predicted octanol–water partition coefficient (Wildman–Crippen LogP) is 3.21. The molecule has 128 valence electrons. The summed E-state index contributed by atoms with van der Waals surface area (Å²) in [6.07, 6.45) is 0.908. The Morgan fingerprint density at radius 1 is 1.08 bits per heavy atom. The first-order chi connectivity index (χ1) is 11.3. The van der Waals surface area contributed by atoms with Crippen molar-refractivity contribution in [3.05, 3.63) is 59.1 Å². The fraction of sp³-hybridized carbons (Fsp3) is 0.235. The minimum absolute atomic E-state index is 0.0545. The molecule has 0 bridgehead atoms. The molecule has 0 spiro atoms. The molecule has 2 N–H and O–H groups in total. The van der Waals surface area contributed by atoms with Crippen LogP contribution < -0.4 is 10.0 Å². The van der Waals surface area contributed by atoms with Gasteiger partial charge in [0.1, 0.15) is 0 Å². The number of halogens is 1. The fourth-order valence-corrected chi connectivity index (χ4v) is 3.37. The van der Waals surface area contributed by atoms with E-state index in [0.29, 0.717) is 10.7 Å². The Morgan fingerprint density at radius 2 is 1.67 bits per heavy atom. The smallest absolute Gasteiger partial charge is 0.242 e. The van der Waals surface area contributed by atoms with E-state index < -0.39 is 22.0 Å². The topological polar surface area (TPSA) is 75.3 Å². The highest BCUT2D eigenvalue weighted by molar-refractivity contribution is 7.89. The quantitative estimate of drug-likeness (QED) is 0.824. The summed E-state index contributed by atoms with van der Waals surface area (Å²) in [4.78, 5) is 12.2. The van der Waals surface area contributed by atoms with E-state index in [0.717, 1.165) is 12.0 Å². The summed E-state index contributed by atoms with van der Waals surface area (Å²) in [5.41, 5.74) is 1.78. The molecule has 5 nitrogen and oxygen atoms in total. The van der Waals surface area contributed by atoms with Gasteiger partial charge in [0.15, 0.2) is 0 Å². The van der Waals surface area contributed by atoms with E-state index in [1.807, 2.05) is 19.1 Å². The summed E-state index contributed by atoms with van der Waals surface area (Å²) < 4.78 is 26.9. The van der Waals surface area contributed by atoms with Crippen LogP contribution in [0, 0.1) is 0 Å². The summed E-state index contributed by atoms with van der Waals surface area (Å²) in [6.45, 7) is 3.53. The molecule has 0 heterocycles. The number of anilines is 1. The van der Waals surface area contributed by atoms with E-state index in [4.69, 9.17) is 11.6 Å². The van der Waals surface area contributed by atoms with Crippen molar-refractivity contribution >= 4 is 33.2 Å². The van der Waals surface area contributed by atoms with E-state index >= 15 is 0 Å². The minimum atomic E-state index is -3.79. The van der Waals surface area contributed by atoms with E-state index in [9.17, 15) is 13.2 Å². The van der Waals surface area contributed by atoms with Crippen molar-refractivity contribution in [2.45, 2.75) is 31.2 Å². The van der Waals surface area contributed by atoms with Crippen molar-refractivity contribution in [1.29, 1.82) is 0 Å². The van der Waals surface area contributed by atoms with E-state index in [1.165, 1.54) is 31.2 Å². The lowest BCUT2D eigenvalue weighted by Gasteiger charge is -2.14. The van der Waals surface area contributed by atoms with Gasteiger partial charge in [-0.1, -0.05) is 30.7 Å². The standard InChI is InChI=1S/C17H19ClN2O3S/c1-3-13-4-8-15(9-5-13)19-17(21)12(2)20-24(22,23)16-10-6-14(18)7-11-16/h4-12,20H,3H2,1-2H3,(H,19,21). The number of nitrogens with one attached hydrogen (secondary N) is 2. The molecule has 0 aliphatic heterocycles. The lowest BCUT2D eigenvalue weighted by Crippen LogP contribution is -2.41. The highest BCUT2D eigenvalue weighted by Gasteiger charge is 2.22. The minimum Gasteiger partial charge on any atom is -0.325 e. The molecule has 1 unspecified atom stereocenters. The molecule has 7 heteroatoms. The van der Waals surface area contributed by atoms with Crippen LogP contribution in [0.15, 0.2) is 53.4 Å². The van der Waals surface area contributed by atoms with Crippen molar-refractivity contribution in [2.24, 2.45) is 0 Å². The first-order valence-corrected chi connectivity index (χ1v) is 9.35. The van der Waals surface area contributed by atoms with Crippen LogP contribution in [0.4, 0.5) is 5.69 Å². The highest BCUT2D eigenvalue weighted by Crippen LogP contribution is 2.15. The summed E-state index contributed by atoms with van der Waals surface area (Å²) in [7, 11) is -3.79. The zero-order valence-electron chi connectivity index (χ0n) is 13.4. The third-order valence-electron chi connectivity index (χ3n) is 3.48. The summed E-state index contributed by atoms with van der Waals surface area (Å²) >= 11 is 5.75. The number of sulfonamides is 1. The van der Waals surface area contributed by atoms with Crippen molar-refractivity contribution < 1.29 is 13.2 Å². The maximum atomic E-state index is 12.3. The summed E-state index contributed by atoms with van der Waals surface area (Å²) in [5, 5.41) is 3.13. The van der Waals surface area contributed by atoms with Crippen molar-refractivity contribution in [3.63, 3.8) is 0 Å². The molecule has 0 radical (unpaired) electrons. The molecule has 0 aromatic heterocycles. The second kappa shape index (κ2) is 7.79. The van der Waals surface area contributed by atoms with E-state index in [1.54, 1.807) is 12.1 Å². The van der Waals surface area contributed by atoms with Crippen molar-refractivity contribution in [2.75, 3.05) is 5.32 Å². The van der Waals surface area contributed by atoms with Gasteiger partial charge in [-0.2, -0.15) is 4.72 Å². The third-order valence-corrected chi connectivity index (χ3v) is 5.29. The number of amides is 1. The largest absolute Gasteiger partial charge is 0.325 e. The Morgan fingerprint density at radius 3 is 2.21 bits per heavy atom. The Bertz CT molecular complexity index is 803. The molecule has 24 heavy (non-hydrogen) atoms. The zero-order valence-corrected chi connectivity index (χ0v) is 15.0. The van der Waals surface area contributed by atoms with Gasteiger partial charge in [-0.05, 0) is 55.3 Å². The van der Waals surface area contributed by atoms with Crippen molar-refractivity contribution in [1.82, 2.24) is 4.72 Å². The van der Waals surface area contributed by atoms with Gasteiger partial charge in [0.2, 0.25) is 15.9 Å². The highest BCUT2D eigenvalue weighted by atomic mass is 35.5.